The monoisotopic (exact) mass is 263 g/mol. The first-order chi connectivity index (χ1) is 8.71. The molecule has 1 aliphatic rings. The molecule has 2 rings (SSSR count). The summed E-state index contributed by atoms with van der Waals surface area (Å²) in [5.74, 6) is 0.760. The maximum absolute atomic E-state index is 5.95. The highest BCUT2D eigenvalue weighted by Crippen LogP contribution is 2.36. The van der Waals surface area contributed by atoms with Crippen molar-refractivity contribution in [3.05, 3.63) is 18.3 Å². The molecular formula is C14H22BNO3. The van der Waals surface area contributed by atoms with Gasteiger partial charge in [0, 0.05) is 0 Å². The third kappa shape index (κ3) is 2.93. The lowest BCUT2D eigenvalue weighted by Gasteiger charge is -2.32. The predicted molar refractivity (Wildman–Crippen MR) is 75.7 cm³/mol. The van der Waals surface area contributed by atoms with E-state index in [4.69, 9.17) is 14.0 Å². The van der Waals surface area contributed by atoms with Gasteiger partial charge in [-0.15, -0.1) is 0 Å². The van der Waals surface area contributed by atoms with E-state index in [1.54, 1.807) is 6.20 Å². The van der Waals surface area contributed by atoms with E-state index in [2.05, 4.69) is 4.98 Å². The van der Waals surface area contributed by atoms with Gasteiger partial charge in [0.1, 0.15) is 5.75 Å². The second-order valence-corrected chi connectivity index (χ2v) is 6.17. The zero-order chi connectivity index (χ0) is 14.3. The lowest BCUT2D eigenvalue weighted by atomic mass is 9.84. The molecule has 1 aliphatic heterocycles. The molecule has 2 heterocycles. The molecule has 0 atom stereocenters. The highest BCUT2D eigenvalue weighted by atomic mass is 16.7. The van der Waals surface area contributed by atoms with Crippen molar-refractivity contribution in [2.45, 2.75) is 58.8 Å². The fourth-order valence-corrected chi connectivity index (χ4v) is 1.84. The molecule has 0 amide bonds. The van der Waals surface area contributed by atoms with Crippen LogP contribution in [0.1, 0.15) is 41.5 Å². The minimum atomic E-state index is -0.418. The van der Waals surface area contributed by atoms with Gasteiger partial charge < -0.3 is 14.0 Å². The van der Waals surface area contributed by atoms with Crippen molar-refractivity contribution in [3.63, 3.8) is 0 Å². The van der Waals surface area contributed by atoms with E-state index in [0.29, 0.717) is 0 Å². The molecule has 0 radical (unpaired) electrons. The van der Waals surface area contributed by atoms with Crippen LogP contribution in [0.2, 0.25) is 0 Å². The van der Waals surface area contributed by atoms with Gasteiger partial charge in [0.2, 0.25) is 0 Å². The number of nitrogens with zero attached hydrogens (tertiary/aromatic N) is 1. The summed E-state index contributed by atoms with van der Waals surface area (Å²) in [6.45, 7) is 12.1. The van der Waals surface area contributed by atoms with E-state index < -0.39 is 7.12 Å². The number of pyridine rings is 1. The third-order valence-electron chi connectivity index (χ3n) is 3.63. The number of hydrogen-bond acceptors (Lipinski definition) is 4. The van der Waals surface area contributed by atoms with Crippen molar-refractivity contribution in [2.24, 2.45) is 0 Å². The molecule has 104 valence electrons. The van der Waals surface area contributed by atoms with E-state index >= 15 is 0 Å². The molecular weight excluding hydrogens is 241 g/mol. The third-order valence-corrected chi connectivity index (χ3v) is 3.63. The Balaban J connectivity index is 2.12. The molecule has 1 saturated heterocycles. The Hall–Kier alpha value is -1.07. The molecule has 1 aromatic heterocycles. The highest BCUT2D eigenvalue weighted by molar-refractivity contribution is 6.61. The van der Waals surface area contributed by atoms with Crippen LogP contribution in [0.15, 0.2) is 18.3 Å². The standard InChI is InChI=1S/C14H22BNO3/c1-10(2)17-11-7-8-12(16-9-11)15-18-13(3,4)14(5,6)19-15/h7-10H,1-6H3. The summed E-state index contributed by atoms with van der Waals surface area (Å²) in [4.78, 5) is 4.37. The van der Waals surface area contributed by atoms with Crippen LogP contribution < -0.4 is 10.3 Å². The Labute approximate surface area is 115 Å². The summed E-state index contributed by atoms with van der Waals surface area (Å²) in [7, 11) is -0.418. The molecule has 0 N–H and O–H groups in total. The summed E-state index contributed by atoms with van der Waals surface area (Å²) in [5.41, 5.74) is 0.0913. The maximum atomic E-state index is 5.95. The molecule has 4 nitrogen and oxygen atoms in total. The second kappa shape index (κ2) is 4.80. The maximum Gasteiger partial charge on any atom is 0.514 e. The van der Waals surface area contributed by atoms with Crippen LogP contribution in [0.4, 0.5) is 0 Å². The average molecular weight is 263 g/mol. The smallest absolute Gasteiger partial charge is 0.489 e. The number of ether oxygens (including phenoxy) is 1. The van der Waals surface area contributed by atoms with Crippen molar-refractivity contribution in [2.75, 3.05) is 0 Å². The number of hydrogen-bond donors (Lipinski definition) is 0. The van der Waals surface area contributed by atoms with Gasteiger partial charge in [-0.05, 0) is 53.7 Å². The van der Waals surface area contributed by atoms with E-state index in [1.807, 2.05) is 53.7 Å². The summed E-state index contributed by atoms with van der Waals surface area (Å²) in [6.07, 6.45) is 1.85. The van der Waals surface area contributed by atoms with E-state index in [9.17, 15) is 0 Å². The van der Waals surface area contributed by atoms with Gasteiger partial charge in [-0.1, -0.05) is 0 Å². The molecule has 0 unspecified atom stereocenters. The van der Waals surface area contributed by atoms with Gasteiger partial charge in [-0.2, -0.15) is 0 Å². The molecule has 0 aromatic carbocycles. The SMILES string of the molecule is CC(C)Oc1ccc(B2OC(C)(C)C(C)(C)O2)nc1. The van der Waals surface area contributed by atoms with Gasteiger partial charge in [0.05, 0.1) is 29.1 Å². The van der Waals surface area contributed by atoms with Crippen LogP contribution in [0.5, 0.6) is 5.75 Å². The summed E-state index contributed by atoms with van der Waals surface area (Å²) < 4.78 is 17.5. The molecule has 1 aromatic rings. The molecule has 1 fully saturated rings. The minimum absolute atomic E-state index is 0.143. The van der Waals surface area contributed by atoms with Crippen LogP contribution in [-0.2, 0) is 9.31 Å². The van der Waals surface area contributed by atoms with Crippen molar-refractivity contribution in [1.29, 1.82) is 0 Å². The molecule has 0 spiro atoms. The quantitative estimate of drug-likeness (QED) is 0.783. The van der Waals surface area contributed by atoms with Gasteiger partial charge in [0.15, 0.2) is 0 Å². The summed E-state index contributed by atoms with van der Waals surface area (Å²) >= 11 is 0. The largest absolute Gasteiger partial charge is 0.514 e. The Bertz CT molecular complexity index is 427. The summed E-state index contributed by atoms with van der Waals surface area (Å²) in [6, 6.07) is 3.78. The molecule has 0 bridgehead atoms. The predicted octanol–water partition coefficient (Wildman–Crippen LogP) is 2.17. The van der Waals surface area contributed by atoms with Crippen molar-refractivity contribution >= 4 is 12.7 Å². The number of aromatic nitrogens is 1. The van der Waals surface area contributed by atoms with Gasteiger partial charge in [-0.25, -0.2) is 0 Å². The van der Waals surface area contributed by atoms with Crippen LogP contribution in [0, 0.1) is 0 Å². The number of rotatable bonds is 3. The fourth-order valence-electron chi connectivity index (χ4n) is 1.84. The Morgan fingerprint density at radius 3 is 2.11 bits per heavy atom. The lowest BCUT2D eigenvalue weighted by Crippen LogP contribution is -2.41. The normalized spacial score (nSPS) is 20.9. The van der Waals surface area contributed by atoms with Crippen LogP contribution in [0.25, 0.3) is 0 Å². The van der Waals surface area contributed by atoms with Crippen LogP contribution in [0.3, 0.4) is 0 Å². The summed E-state index contributed by atoms with van der Waals surface area (Å²) in [5, 5.41) is 0. The van der Waals surface area contributed by atoms with E-state index in [-0.39, 0.29) is 17.3 Å². The zero-order valence-corrected chi connectivity index (χ0v) is 12.6. The first-order valence-corrected chi connectivity index (χ1v) is 6.69. The topological polar surface area (TPSA) is 40.6 Å². The first-order valence-electron chi connectivity index (χ1n) is 6.69. The Morgan fingerprint density at radius 1 is 1.11 bits per heavy atom. The average Bonchev–Trinajstić information content (AvgIpc) is 2.48. The molecule has 0 aliphatic carbocycles. The van der Waals surface area contributed by atoms with E-state index in [0.717, 1.165) is 11.3 Å². The van der Waals surface area contributed by atoms with E-state index in [1.165, 1.54) is 0 Å². The molecule has 5 heteroatoms. The van der Waals surface area contributed by atoms with Crippen LogP contribution in [-0.4, -0.2) is 29.4 Å². The van der Waals surface area contributed by atoms with Crippen molar-refractivity contribution in [3.8, 4) is 5.75 Å². The zero-order valence-electron chi connectivity index (χ0n) is 12.6. The minimum Gasteiger partial charge on any atom is -0.489 e. The fraction of sp³-hybridized carbons (Fsp3) is 0.643. The lowest BCUT2D eigenvalue weighted by molar-refractivity contribution is 0.00578. The Kier molecular flexibility index (Phi) is 3.62. The first kappa shape index (κ1) is 14.3. The van der Waals surface area contributed by atoms with Crippen LogP contribution >= 0.6 is 0 Å². The van der Waals surface area contributed by atoms with Gasteiger partial charge >= 0.3 is 7.12 Å². The second-order valence-electron chi connectivity index (χ2n) is 6.17. The molecule has 19 heavy (non-hydrogen) atoms. The highest BCUT2D eigenvalue weighted by Gasteiger charge is 2.52. The van der Waals surface area contributed by atoms with Crippen molar-refractivity contribution < 1.29 is 14.0 Å². The molecule has 0 saturated carbocycles. The van der Waals surface area contributed by atoms with Gasteiger partial charge in [0.25, 0.3) is 0 Å². The van der Waals surface area contributed by atoms with Crippen molar-refractivity contribution in [1.82, 2.24) is 4.98 Å². The van der Waals surface area contributed by atoms with Gasteiger partial charge in [-0.3, -0.25) is 4.98 Å². The Morgan fingerprint density at radius 2 is 1.68 bits per heavy atom.